The number of fused-ring (bicyclic) bond motifs is 1. The van der Waals surface area contributed by atoms with Gasteiger partial charge in [-0.3, -0.25) is 9.59 Å². The maximum atomic E-state index is 12.0. The van der Waals surface area contributed by atoms with Crippen molar-refractivity contribution in [1.82, 2.24) is 10.5 Å². The van der Waals surface area contributed by atoms with E-state index in [1.807, 2.05) is 26.0 Å². The summed E-state index contributed by atoms with van der Waals surface area (Å²) in [7, 11) is -0.729. The van der Waals surface area contributed by atoms with Gasteiger partial charge in [-0.15, -0.1) is 0 Å². The molecule has 0 fully saturated rings. The van der Waals surface area contributed by atoms with Crippen molar-refractivity contribution in [3.8, 4) is 0 Å². The van der Waals surface area contributed by atoms with Crippen LogP contribution in [-0.4, -0.2) is 25.6 Å². The summed E-state index contributed by atoms with van der Waals surface area (Å²) < 4.78 is 5.53. The van der Waals surface area contributed by atoms with Crippen molar-refractivity contribution in [2.24, 2.45) is 0 Å². The molecule has 0 spiro atoms. The minimum atomic E-state index is -0.729. The molecule has 0 atom stereocenters. The lowest BCUT2D eigenvalue weighted by atomic mass is 9.69. The van der Waals surface area contributed by atoms with Crippen molar-refractivity contribution in [1.29, 1.82) is 0 Å². The first-order valence-corrected chi connectivity index (χ1v) is 8.43. The molecule has 0 bridgehead atoms. The van der Waals surface area contributed by atoms with Crippen LogP contribution in [0.1, 0.15) is 50.2 Å². The molecule has 2 rings (SSSR count). The summed E-state index contributed by atoms with van der Waals surface area (Å²) in [5.74, 6) is -0.265. The normalized spacial score (nSPS) is 15.4. The molecule has 0 saturated carbocycles. The lowest BCUT2D eigenvalue weighted by Crippen LogP contribution is -2.55. The molecule has 2 N–H and O–H groups in total. The van der Waals surface area contributed by atoms with Gasteiger partial charge in [-0.1, -0.05) is 37.1 Å². The van der Waals surface area contributed by atoms with Crippen molar-refractivity contribution in [2.45, 2.75) is 52.4 Å². The number of amides is 2. The average Bonchev–Trinajstić information content (AvgIpc) is 2.52. The molecule has 1 aliphatic rings. The highest BCUT2D eigenvalue weighted by molar-refractivity contribution is 6.69. The Kier molecular flexibility index (Phi) is 6.50. The summed E-state index contributed by atoms with van der Waals surface area (Å²) in [6.07, 6.45) is 5.07. The number of carbonyl (C=O) groups is 2. The Morgan fingerprint density at radius 1 is 1.26 bits per heavy atom. The van der Waals surface area contributed by atoms with Crippen LogP contribution in [0.15, 0.2) is 18.2 Å². The Bertz CT molecular complexity index is 563. The molecule has 5 nitrogen and oxygen atoms in total. The molecule has 6 heteroatoms. The van der Waals surface area contributed by atoms with Gasteiger partial charge in [-0.2, -0.15) is 0 Å². The van der Waals surface area contributed by atoms with E-state index in [-0.39, 0.29) is 12.0 Å². The second kappa shape index (κ2) is 8.60. The average molecular weight is 316 g/mol. The number of urea groups is 1. The third kappa shape index (κ3) is 5.30. The second-order valence-electron chi connectivity index (χ2n) is 6.03. The number of hydrogen-bond acceptors (Lipinski definition) is 3. The fourth-order valence-electron chi connectivity index (χ4n) is 2.74. The number of aryl methyl sites for hydroxylation is 2. The van der Waals surface area contributed by atoms with Crippen molar-refractivity contribution in [3.05, 3.63) is 29.3 Å². The van der Waals surface area contributed by atoms with Gasteiger partial charge in [-0.25, -0.2) is 0 Å². The summed E-state index contributed by atoms with van der Waals surface area (Å²) in [4.78, 5) is 24.0. The van der Waals surface area contributed by atoms with Crippen molar-refractivity contribution < 1.29 is 14.2 Å². The standard InChI is InChI=1S/C17H25BN2O3/c1-3-11-19-17(22)20-18-15-10-9-13(2)12-14(15)7-5-4-6-8-16(21)23-18/h9-10,12H,3-8,11H2,1-2H3,(H2,19,20,22). The maximum Gasteiger partial charge on any atom is 0.522 e. The Balaban J connectivity index is 2.24. The zero-order valence-electron chi connectivity index (χ0n) is 14.0. The first-order chi connectivity index (χ1) is 11.1. The van der Waals surface area contributed by atoms with E-state index in [0.29, 0.717) is 13.0 Å². The summed E-state index contributed by atoms with van der Waals surface area (Å²) in [5.41, 5.74) is 3.18. The molecule has 1 aliphatic heterocycles. The number of benzene rings is 1. The van der Waals surface area contributed by atoms with Gasteiger partial charge < -0.3 is 15.2 Å². The summed E-state index contributed by atoms with van der Waals surface area (Å²) >= 11 is 0. The Hall–Kier alpha value is -1.98. The van der Waals surface area contributed by atoms with Gasteiger partial charge in [-0.05, 0) is 43.6 Å². The fraction of sp³-hybridized carbons (Fsp3) is 0.529. The first-order valence-electron chi connectivity index (χ1n) is 8.43. The maximum absolute atomic E-state index is 12.0. The highest BCUT2D eigenvalue weighted by Gasteiger charge is 2.29. The van der Waals surface area contributed by atoms with Gasteiger partial charge in [0.25, 0.3) is 5.97 Å². The molecule has 1 heterocycles. The quantitative estimate of drug-likeness (QED) is 0.839. The van der Waals surface area contributed by atoms with Crippen molar-refractivity contribution in [2.75, 3.05) is 6.54 Å². The highest BCUT2D eigenvalue weighted by atomic mass is 16.5. The van der Waals surface area contributed by atoms with E-state index in [2.05, 4.69) is 16.6 Å². The number of rotatable bonds is 3. The third-order valence-electron chi connectivity index (χ3n) is 3.96. The molecule has 124 valence electrons. The van der Waals surface area contributed by atoms with E-state index in [1.54, 1.807) is 0 Å². The van der Waals surface area contributed by atoms with E-state index in [4.69, 9.17) is 4.65 Å². The number of nitrogens with one attached hydrogen (secondary N) is 2. The Labute approximate surface area is 138 Å². The van der Waals surface area contributed by atoms with Crippen LogP contribution in [0.25, 0.3) is 0 Å². The van der Waals surface area contributed by atoms with Crippen molar-refractivity contribution in [3.63, 3.8) is 0 Å². The summed E-state index contributed by atoms with van der Waals surface area (Å²) in [6, 6.07) is 5.73. The van der Waals surface area contributed by atoms with E-state index < -0.39 is 7.05 Å². The molecule has 1 aromatic carbocycles. The topological polar surface area (TPSA) is 67.4 Å². The Morgan fingerprint density at radius 3 is 2.83 bits per heavy atom. The number of carbonyl (C=O) groups excluding carboxylic acids is 2. The molecule has 0 saturated heterocycles. The summed E-state index contributed by atoms with van der Waals surface area (Å²) in [5, 5.41) is 5.54. The molecule has 0 aromatic heterocycles. The van der Waals surface area contributed by atoms with Crippen LogP contribution in [-0.2, 0) is 15.9 Å². The molecule has 1 aromatic rings. The van der Waals surface area contributed by atoms with Crippen LogP contribution in [0.3, 0.4) is 0 Å². The molecular formula is C17H25BN2O3. The minimum Gasteiger partial charge on any atom is -0.511 e. The third-order valence-corrected chi connectivity index (χ3v) is 3.96. The van der Waals surface area contributed by atoms with E-state index in [9.17, 15) is 9.59 Å². The van der Waals surface area contributed by atoms with Crippen LogP contribution in [0.5, 0.6) is 0 Å². The fourth-order valence-corrected chi connectivity index (χ4v) is 2.74. The second-order valence-corrected chi connectivity index (χ2v) is 6.03. The SMILES string of the molecule is CCCNC(=O)NB1OC(=O)CCCCCc2cc(C)ccc21. The lowest BCUT2D eigenvalue weighted by Gasteiger charge is -2.20. The molecule has 0 radical (unpaired) electrons. The number of hydrogen-bond donors (Lipinski definition) is 2. The van der Waals surface area contributed by atoms with Gasteiger partial charge in [0.2, 0.25) is 0 Å². The van der Waals surface area contributed by atoms with E-state index in [1.165, 1.54) is 5.56 Å². The summed E-state index contributed by atoms with van der Waals surface area (Å²) in [6.45, 7) is 4.62. The monoisotopic (exact) mass is 316 g/mol. The Morgan fingerprint density at radius 2 is 2.04 bits per heavy atom. The lowest BCUT2D eigenvalue weighted by molar-refractivity contribution is -0.134. The first kappa shape index (κ1) is 17.4. The zero-order chi connectivity index (χ0) is 16.7. The molecule has 2 amide bonds. The van der Waals surface area contributed by atoms with Crippen LogP contribution in [0.4, 0.5) is 4.79 Å². The van der Waals surface area contributed by atoms with Gasteiger partial charge >= 0.3 is 13.1 Å². The van der Waals surface area contributed by atoms with E-state index in [0.717, 1.165) is 43.1 Å². The van der Waals surface area contributed by atoms with Gasteiger partial charge in [0.05, 0.1) is 0 Å². The highest BCUT2D eigenvalue weighted by Crippen LogP contribution is 2.12. The smallest absolute Gasteiger partial charge is 0.511 e. The van der Waals surface area contributed by atoms with Gasteiger partial charge in [0.1, 0.15) is 0 Å². The zero-order valence-corrected chi connectivity index (χ0v) is 14.0. The molecular weight excluding hydrogens is 291 g/mol. The van der Waals surface area contributed by atoms with Crippen LogP contribution < -0.4 is 16.0 Å². The molecule has 0 unspecified atom stereocenters. The largest absolute Gasteiger partial charge is 0.522 e. The van der Waals surface area contributed by atoms with Crippen LogP contribution in [0, 0.1) is 6.92 Å². The van der Waals surface area contributed by atoms with Gasteiger partial charge in [0, 0.05) is 13.0 Å². The van der Waals surface area contributed by atoms with E-state index >= 15 is 0 Å². The predicted molar refractivity (Wildman–Crippen MR) is 91.7 cm³/mol. The van der Waals surface area contributed by atoms with Crippen LogP contribution in [0.2, 0.25) is 0 Å². The molecule has 0 aliphatic carbocycles. The van der Waals surface area contributed by atoms with Crippen LogP contribution >= 0.6 is 0 Å². The van der Waals surface area contributed by atoms with Gasteiger partial charge in [0.15, 0.2) is 0 Å². The molecule has 23 heavy (non-hydrogen) atoms. The van der Waals surface area contributed by atoms with Crippen molar-refractivity contribution >= 4 is 24.5 Å². The minimum absolute atomic E-state index is 0.265. The predicted octanol–water partition coefficient (Wildman–Crippen LogP) is 2.06.